The van der Waals surface area contributed by atoms with Gasteiger partial charge in [-0.2, -0.15) is 0 Å². The van der Waals surface area contributed by atoms with E-state index in [1.54, 1.807) is 0 Å². The summed E-state index contributed by atoms with van der Waals surface area (Å²) < 4.78 is 0. The van der Waals surface area contributed by atoms with E-state index in [4.69, 9.17) is 5.73 Å². The van der Waals surface area contributed by atoms with Crippen LogP contribution in [0.2, 0.25) is 0 Å². The summed E-state index contributed by atoms with van der Waals surface area (Å²) in [5, 5.41) is 0. The van der Waals surface area contributed by atoms with Crippen molar-refractivity contribution in [2.45, 2.75) is 51.4 Å². The topological polar surface area (TPSA) is 43.1 Å². The first kappa shape index (κ1) is 9.04. The standard InChI is InChI=1S/C11H19NO/c12-10(13)11(6-7-11)8-9-4-2-1-3-5-9/h9H,1-8H2,(H2,12,13). The van der Waals surface area contributed by atoms with E-state index < -0.39 is 0 Å². The van der Waals surface area contributed by atoms with Crippen LogP contribution in [0, 0.1) is 11.3 Å². The minimum absolute atomic E-state index is 0.0435. The van der Waals surface area contributed by atoms with E-state index in [1.807, 2.05) is 0 Å². The van der Waals surface area contributed by atoms with Crippen LogP contribution in [0.25, 0.3) is 0 Å². The highest BCUT2D eigenvalue weighted by molar-refractivity contribution is 5.83. The van der Waals surface area contributed by atoms with Crippen molar-refractivity contribution in [2.75, 3.05) is 0 Å². The van der Waals surface area contributed by atoms with Crippen LogP contribution >= 0.6 is 0 Å². The van der Waals surface area contributed by atoms with Crippen molar-refractivity contribution in [3.8, 4) is 0 Å². The van der Waals surface area contributed by atoms with Gasteiger partial charge >= 0.3 is 0 Å². The third kappa shape index (κ3) is 1.87. The van der Waals surface area contributed by atoms with Gasteiger partial charge in [0, 0.05) is 5.41 Å². The SMILES string of the molecule is NC(=O)C1(CC2CCCCC2)CC1. The molecule has 0 saturated heterocycles. The summed E-state index contributed by atoms with van der Waals surface area (Å²) in [7, 11) is 0. The molecular formula is C11H19NO. The van der Waals surface area contributed by atoms with Crippen LogP contribution in [0.5, 0.6) is 0 Å². The monoisotopic (exact) mass is 181 g/mol. The highest BCUT2D eigenvalue weighted by Gasteiger charge is 2.49. The first-order valence-corrected chi connectivity index (χ1v) is 5.53. The number of amides is 1. The van der Waals surface area contributed by atoms with Crippen LogP contribution in [0.4, 0.5) is 0 Å². The summed E-state index contributed by atoms with van der Waals surface area (Å²) in [6.07, 6.45) is 9.96. The average Bonchev–Trinajstić information content (AvgIpc) is 2.87. The zero-order valence-electron chi connectivity index (χ0n) is 8.22. The molecule has 0 atom stereocenters. The molecule has 0 radical (unpaired) electrons. The number of carbonyl (C=O) groups excluding carboxylic acids is 1. The second-order valence-corrected chi connectivity index (χ2v) is 4.85. The molecule has 2 saturated carbocycles. The Morgan fingerprint density at radius 1 is 1.23 bits per heavy atom. The van der Waals surface area contributed by atoms with Gasteiger partial charge in [-0.15, -0.1) is 0 Å². The van der Waals surface area contributed by atoms with Crippen molar-refractivity contribution in [2.24, 2.45) is 17.1 Å². The second kappa shape index (κ2) is 3.32. The Morgan fingerprint density at radius 3 is 2.31 bits per heavy atom. The predicted molar refractivity (Wildman–Crippen MR) is 52.1 cm³/mol. The molecule has 0 bridgehead atoms. The van der Waals surface area contributed by atoms with E-state index in [2.05, 4.69) is 0 Å². The molecule has 2 rings (SSSR count). The van der Waals surface area contributed by atoms with E-state index in [9.17, 15) is 4.79 Å². The smallest absolute Gasteiger partial charge is 0.223 e. The van der Waals surface area contributed by atoms with Gasteiger partial charge in [-0.05, 0) is 25.2 Å². The molecule has 0 aromatic heterocycles. The number of carbonyl (C=O) groups is 1. The van der Waals surface area contributed by atoms with Gasteiger partial charge in [0.1, 0.15) is 0 Å². The van der Waals surface area contributed by atoms with Crippen molar-refractivity contribution >= 4 is 5.91 Å². The fourth-order valence-electron chi connectivity index (χ4n) is 2.65. The van der Waals surface area contributed by atoms with Crippen molar-refractivity contribution in [3.05, 3.63) is 0 Å². The van der Waals surface area contributed by atoms with Crippen LogP contribution in [-0.4, -0.2) is 5.91 Å². The summed E-state index contributed by atoms with van der Waals surface area (Å²) >= 11 is 0. The molecule has 2 aliphatic carbocycles. The summed E-state index contributed by atoms with van der Waals surface area (Å²) in [4.78, 5) is 11.2. The Kier molecular flexibility index (Phi) is 2.31. The Bertz CT molecular complexity index is 202. The molecule has 74 valence electrons. The predicted octanol–water partition coefficient (Wildman–Crippen LogP) is 2.22. The van der Waals surface area contributed by atoms with E-state index in [1.165, 1.54) is 32.1 Å². The molecule has 2 heteroatoms. The van der Waals surface area contributed by atoms with Gasteiger partial charge in [0.25, 0.3) is 0 Å². The molecule has 2 N–H and O–H groups in total. The molecular weight excluding hydrogens is 162 g/mol. The number of hydrogen-bond acceptors (Lipinski definition) is 1. The summed E-state index contributed by atoms with van der Waals surface area (Å²) in [5.74, 6) is 0.752. The molecule has 2 nitrogen and oxygen atoms in total. The number of primary amides is 1. The van der Waals surface area contributed by atoms with Gasteiger partial charge in [-0.3, -0.25) is 4.79 Å². The Balaban J connectivity index is 1.86. The summed E-state index contributed by atoms with van der Waals surface area (Å²) in [5.41, 5.74) is 5.36. The van der Waals surface area contributed by atoms with Crippen molar-refractivity contribution < 1.29 is 4.79 Å². The van der Waals surface area contributed by atoms with Gasteiger partial charge in [-0.25, -0.2) is 0 Å². The molecule has 2 aliphatic rings. The molecule has 2 fully saturated rings. The maximum absolute atomic E-state index is 11.2. The largest absolute Gasteiger partial charge is 0.369 e. The average molecular weight is 181 g/mol. The molecule has 0 spiro atoms. The number of rotatable bonds is 3. The van der Waals surface area contributed by atoms with E-state index in [-0.39, 0.29) is 11.3 Å². The van der Waals surface area contributed by atoms with E-state index in [0.29, 0.717) is 0 Å². The van der Waals surface area contributed by atoms with Crippen molar-refractivity contribution in [1.82, 2.24) is 0 Å². The third-order valence-electron chi connectivity index (χ3n) is 3.78. The minimum Gasteiger partial charge on any atom is -0.369 e. The zero-order chi connectivity index (χ0) is 9.31. The lowest BCUT2D eigenvalue weighted by Gasteiger charge is -2.24. The van der Waals surface area contributed by atoms with Crippen molar-refractivity contribution in [3.63, 3.8) is 0 Å². The van der Waals surface area contributed by atoms with Gasteiger partial charge in [0.2, 0.25) is 5.91 Å². The fourth-order valence-corrected chi connectivity index (χ4v) is 2.65. The Labute approximate surface area is 79.9 Å². The molecule has 13 heavy (non-hydrogen) atoms. The molecule has 1 amide bonds. The second-order valence-electron chi connectivity index (χ2n) is 4.85. The van der Waals surface area contributed by atoms with Crippen LogP contribution in [0.1, 0.15) is 51.4 Å². The Hall–Kier alpha value is -0.530. The van der Waals surface area contributed by atoms with Gasteiger partial charge in [0.05, 0.1) is 0 Å². The van der Waals surface area contributed by atoms with Crippen molar-refractivity contribution in [1.29, 1.82) is 0 Å². The first-order chi connectivity index (χ1) is 6.23. The molecule has 0 aliphatic heterocycles. The lowest BCUT2D eigenvalue weighted by molar-refractivity contribution is -0.123. The maximum atomic E-state index is 11.2. The summed E-state index contributed by atoms with van der Waals surface area (Å²) in [6.45, 7) is 0. The quantitative estimate of drug-likeness (QED) is 0.712. The zero-order valence-corrected chi connectivity index (χ0v) is 8.22. The highest BCUT2D eigenvalue weighted by atomic mass is 16.1. The molecule has 0 heterocycles. The van der Waals surface area contributed by atoms with Crippen LogP contribution in [0.3, 0.4) is 0 Å². The molecule has 0 aromatic carbocycles. The van der Waals surface area contributed by atoms with Gasteiger partial charge in [0.15, 0.2) is 0 Å². The van der Waals surface area contributed by atoms with Crippen LogP contribution in [0.15, 0.2) is 0 Å². The third-order valence-corrected chi connectivity index (χ3v) is 3.78. The fraction of sp³-hybridized carbons (Fsp3) is 0.909. The lowest BCUT2D eigenvalue weighted by atomic mass is 9.81. The van der Waals surface area contributed by atoms with Crippen LogP contribution < -0.4 is 5.73 Å². The molecule has 0 aromatic rings. The Morgan fingerprint density at radius 2 is 1.85 bits per heavy atom. The van der Waals surface area contributed by atoms with Gasteiger partial charge in [-0.1, -0.05) is 32.1 Å². The number of nitrogens with two attached hydrogens (primary N) is 1. The van der Waals surface area contributed by atoms with Gasteiger partial charge < -0.3 is 5.73 Å². The minimum atomic E-state index is -0.0536. The summed E-state index contributed by atoms with van der Waals surface area (Å²) in [6, 6.07) is 0. The lowest BCUT2D eigenvalue weighted by Crippen LogP contribution is -2.27. The van der Waals surface area contributed by atoms with E-state index in [0.717, 1.165) is 25.2 Å². The van der Waals surface area contributed by atoms with E-state index >= 15 is 0 Å². The highest BCUT2D eigenvalue weighted by Crippen LogP contribution is 2.52. The normalized spacial score (nSPS) is 27.1. The maximum Gasteiger partial charge on any atom is 0.223 e. The number of hydrogen-bond donors (Lipinski definition) is 1. The van der Waals surface area contributed by atoms with Crippen LogP contribution in [-0.2, 0) is 4.79 Å². The first-order valence-electron chi connectivity index (χ1n) is 5.53. The molecule has 0 unspecified atom stereocenters.